The summed E-state index contributed by atoms with van der Waals surface area (Å²) in [5.41, 5.74) is 0.292. The third-order valence-electron chi connectivity index (χ3n) is 10.9. The fraction of sp³-hybridized carbons (Fsp3) is 0.632. The molecule has 3 fully saturated rings. The molecule has 292 valence electrons. The number of unbranched alkanes of at least 4 members (excludes halogenated alkanes) is 2. The molecular weight excluding hydrogens is 705 g/mol. The number of aliphatic hydroxyl groups is 1. The highest BCUT2D eigenvalue weighted by atomic mass is 32.2. The molecule has 14 nitrogen and oxygen atoms in total. The van der Waals surface area contributed by atoms with Gasteiger partial charge < -0.3 is 39.4 Å². The number of carbonyl (C=O) groups is 2. The fourth-order valence-electron chi connectivity index (χ4n) is 7.99. The first-order valence-electron chi connectivity index (χ1n) is 18.8. The molecular formula is C38H54N4O10S. The van der Waals surface area contributed by atoms with Crippen molar-refractivity contribution in [1.82, 2.24) is 19.4 Å². The molecule has 5 atom stereocenters. The Kier molecular flexibility index (Phi) is 12.7. The molecule has 2 aromatic carbocycles. The number of hydrogen-bond acceptors (Lipinski definition) is 9. The average molecular weight is 759 g/mol. The third kappa shape index (κ3) is 9.55. The van der Waals surface area contributed by atoms with Gasteiger partial charge in [-0.25, -0.2) is 18.0 Å². The number of nitrogens with zero attached hydrogens (tertiary/aromatic N) is 3. The van der Waals surface area contributed by atoms with Gasteiger partial charge in [0.15, 0.2) is 17.8 Å². The van der Waals surface area contributed by atoms with E-state index in [1.165, 1.54) is 21.3 Å². The Balaban J connectivity index is 1.21. The van der Waals surface area contributed by atoms with Crippen LogP contribution in [0.15, 0.2) is 53.4 Å². The molecule has 2 aromatic rings. The van der Waals surface area contributed by atoms with Crippen molar-refractivity contribution >= 4 is 22.1 Å². The monoisotopic (exact) mass is 758 g/mol. The van der Waals surface area contributed by atoms with E-state index in [9.17, 15) is 28.2 Å². The number of rotatable bonds is 17. The Morgan fingerprint density at radius 2 is 1.77 bits per heavy atom. The first-order valence-corrected chi connectivity index (χ1v) is 20.3. The first kappa shape index (κ1) is 39.1. The Bertz CT molecular complexity index is 1660. The predicted octanol–water partition coefficient (Wildman–Crippen LogP) is 4.51. The number of urea groups is 1. The van der Waals surface area contributed by atoms with Crippen LogP contribution in [0.4, 0.5) is 9.59 Å². The molecule has 0 aromatic heterocycles. The number of fused-ring (bicyclic) bond motifs is 2. The second-order valence-corrected chi connectivity index (χ2v) is 17.3. The molecule has 4 aliphatic rings. The summed E-state index contributed by atoms with van der Waals surface area (Å²) < 4.78 is 52.8. The summed E-state index contributed by atoms with van der Waals surface area (Å²) >= 11 is 0. The van der Waals surface area contributed by atoms with E-state index in [-0.39, 0.29) is 49.8 Å². The number of hydrogen-bond donors (Lipinski definition) is 3. The SMILES string of the molecule is CC(C)(CCCCCNC(=O)N1CCCC1)CN(C[C@@H](O)[C@H](Cc1ccccc1)N(C(=O)O)[C@H]1CO[C@H]2OCC[C@H]21)S(=O)(=O)c1ccc2c(c1)OCO2. The van der Waals surface area contributed by atoms with E-state index >= 15 is 0 Å². The number of carbonyl (C=O) groups excluding carboxylic acids is 1. The van der Waals surface area contributed by atoms with Gasteiger partial charge in [0.1, 0.15) is 0 Å². The van der Waals surface area contributed by atoms with Crippen LogP contribution in [-0.4, -0.2) is 122 Å². The van der Waals surface area contributed by atoms with E-state index in [1.54, 1.807) is 6.07 Å². The minimum absolute atomic E-state index is 0.0108. The highest BCUT2D eigenvalue weighted by Crippen LogP contribution is 2.38. The van der Waals surface area contributed by atoms with Crippen LogP contribution in [-0.2, 0) is 25.9 Å². The minimum atomic E-state index is -4.22. The lowest BCUT2D eigenvalue weighted by atomic mass is 9.86. The largest absolute Gasteiger partial charge is 0.465 e. The van der Waals surface area contributed by atoms with Crippen molar-refractivity contribution in [3.63, 3.8) is 0 Å². The molecule has 3 N–H and O–H groups in total. The van der Waals surface area contributed by atoms with Gasteiger partial charge in [-0.3, -0.25) is 4.90 Å². The molecule has 53 heavy (non-hydrogen) atoms. The Hall–Kier alpha value is -3.63. The van der Waals surface area contributed by atoms with Crippen LogP contribution in [0, 0.1) is 11.3 Å². The third-order valence-corrected chi connectivity index (χ3v) is 12.7. The average Bonchev–Trinajstić information content (AvgIpc) is 3.96. The lowest BCUT2D eigenvalue weighted by Gasteiger charge is -2.40. The van der Waals surface area contributed by atoms with Gasteiger partial charge in [-0.15, -0.1) is 0 Å². The minimum Gasteiger partial charge on any atom is -0.465 e. The van der Waals surface area contributed by atoms with Crippen molar-refractivity contribution in [1.29, 1.82) is 0 Å². The highest BCUT2D eigenvalue weighted by Gasteiger charge is 2.49. The summed E-state index contributed by atoms with van der Waals surface area (Å²) in [5.74, 6) is 0.564. The number of ether oxygens (including phenoxy) is 4. The van der Waals surface area contributed by atoms with Gasteiger partial charge in [-0.2, -0.15) is 4.31 Å². The summed E-state index contributed by atoms with van der Waals surface area (Å²) in [6, 6.07) is 12.2. The summed E-state index contributed by atoms with van der Waals surface area (Å²) in [6.45, 7) is 6.46. The Morgan fingerprint density at radius 1 is 1.02 bits per heavy atom. The number of likely N-dealkylation sites (tertiary alicyclic amines) is 1. The molecule has 0 aliphatic carbocycles. The van der Waals surface area contributed by atoms with Crippen LogP contribution in [0.2, 0.25) is 0 Å². The topological polar surface area (TPSA) is 167 Å². The maximum atomic E-state index is 14.5. The summed E-state index contributed by atoms with van der Waals surface area (Å²) in [5, 5.41) is 25.8. The lowest BCUT2D eigenvalue weighted by molar-refractivity contribution is -0.0906. The Morgan fingerprint density at radius 3 is 2.53 bits per heavy atom. The quantitative estimate of drug-likeness (QED) is 0.195. The number of nitrogens with one attached hydrogen (secondary N) is 1. The van der Waals surface area contributed by atoms with Gasteiger partial charge in [0.2, 0.25) is 16.8 Å². The number of sulfonamides is 1. The summed E-state index contributed by atoms with van der Waals surface area (Å²) in [4.78, 5) is 28.5. The summed E-state index contributed by atoms with van der Waals surface area (Å²) in [6.07, 6.45) is 2.89. The molecule has 0 spiro atoms. The number of benzene rings is 2. The van der Waals surface area contributed by atoms with Gasteiger partial charge in [0.05, 0.1) is 36.3 Å². The fourth-order valence-corrected chi connectivity index (χ4v) is 9.65. The van der Waals surface area contributed by atoms with Gasteiger partial charge in [-0.1, -0.05) is 57.0 Å². The van der Waals surface area contributed by atoms with E-state index < -0.39 is 46.0 Å². The second kappa shape index (κ2) is 17.2. The van der Waals surface area contributed by atoms with E-state index in [4.69, 9.17) is 18.9 Å². The van der Waals surface area contributed by atoms with Crippen LogP contribution in [0.3, 0.4) is 0 Å². The highest BCUT2D eigenvalue weighted by molar-refractivity contribution is 7.89. The van der Waals surface area contributed by atoms with E-state index in [0.29, 0.717) is 37.5 Å². The molecule has 4 heterocycles. The van der Waals surface area contributed by atoms with Crippen molar-refractivity contribution < 1.29 is 47.2 Å². The van der Waals surface area contributed by atoms with Crippen molar-refractivity contribution in [3.8, 4) is 11.5 Å². The van der Waals surface area contributed by atoms with Crippen LogP contribution < -0.4 is 14.8 Å². The maximum Gasteiger partial charge on any atom is 0.407 e. The molecule has 3 saturated heterocycles. The molecule has 0 bridgehead atoms. The van der Waals surface area contributed by atoms with E-state index in [2.05, 4.69) is 5.32 Å². The Labute approximate surface area is 312 Å². The number of aliphatic hydroxyl groups excluding tert-OH is 1. The van der Waals surface area contributed by atoms with Crippen molar-refractivity contribution in [2.45, 2.75) is 94.6 Å². The van der Waals surface area contributed by atoms with Crippen LogP contribution in [0.5, 0.6) is 11.5 Å². The first-order chi connectivity index (χ1) is 25.4. The zero-order valence-corrected chi connectivity index (χ0v) is 31.5. The molecule has 4 aliphatic heterocycles. The molecule has 15 heteroatoms. The normalized spacial score (nSPS) is 22.2. The second-order valence-electron chi connectivity index (χ2n) is 15.3. The van der Waals surface area contributed by atoms with Crippen LogP contribution in [0.25, 0.3) is 0 Å². The molecule has 6 rings (SSSR count). The van der Waals surface area contributed by atoms with Gasteiger partial charge in [0, 0.05) is 44.7 Å². The number of amides is 3. The van der Waals surface area contributed by atoms with Crippen molar-refractivity contribution in [2.24, 2.45) is 11.3 Å². The van der Waals surface area contributed by atoms with E-state index in [0.717, 1.165) is 50.8 Å². The van der Waals surface area contributed by atoms with E-state index in [1.807, 2.05) is 49.1 Å². The standard InChI is InChI=1S/C38H54N4O10S/c1-38(2,16-7-4-8-17-39-36(44)40-18-9-10-19-40)25-41(53(47,48)28-13-14-33-34(22-28)52-26-51-33)23-32(43)30(21-27-11-5-3-6-12-27)42(37(45)46)31-24-50-35-29(31)15-20-49-35/h3,5-6,11-14,22,29-32,35,43H,4,7-10,15-21,23-26H2,1-2H3,(H,39,44)(H,45,46)/t29-,30-,31-,32+,35+/m0/s1. The molecule has 0 saturated carbocycles. The molecule has 0 unspecified atom stereocenters. The zero-order chi connectivity index (χ0) is 37.6. The zero-order valence-electron chi connectivity index (χ0n) is 30.7. The molecule has 3 amide bonds. The van der Waals surface area contributed by atoms with Crippen molar-refractivity contribution in [2.75, 3.05) is 52.7 Å². The van der Waals surface area contributed by atoms with Gasteiger partial charge in [-0.05, 0) is 61.6 Å². The van der Waals surface area contributed by atoms with Crippen molar-refractivity contribution in [3.05, 3.63) is 54.1 Å². The summed E-state index contributed by atoms with van der Waals surface area (Å²) in [7, 11) is -4.22. The van der Waals surface area contributed by atoms with Crippen LogP contribution in [0.1, 0.15) is 64.4 Å². The number of carboxylic acid groups (broad SMARTS) is 1. The predicted molar refractivity (Wildman–Crippen MR) is 195 cm³/mol. The molecule has 0 radical (unpaired) electrons. The van der Waals surface area contributed by atoms with Gasteiger partial charge >= 0.3 is 12.1 Å². The smallest absolute Gasteiger partial charge is 0.407 e. The maximum absolute atomic E-state index is 14.5. The van der Waals surface area contributed by atoms with Gasteiger partial charge in [0.25, 0.3) is 0 Å². The van der Waals surface area contributed by atoms with Crippen LogP contribution >= 0.6 is 0 Å². The lowest BCUT2D eigenvalue weighted by Crippen LogP contribution is -2.58.